The molecule has 38 heavy (non-hydrogen) atoms. The molecule has 0 spiro atoms. The van der Waals surface area contributed by atoms with Gasteiger partial charge in [0.2, 0.25) is 5.95 Å². The molecule has 2 N–H and O–H groups in total. The zero-order valence-corrected chi connectivity index (χ0v) is 21.4. The van der Waals surface area contributed by atoms with Gasteiger partial charge in [-0.05, 0) is 67.9 Å². The van der Waals surface area contributed by atoms with Crippen molar-refractivity contribution in [3.63, 3.8) is 0 Å². The lowest BCUT2D eigenvalue weighted by atomic mass is 9.95. The largest absolute Gasteiger partial charge is 0.507 e. The lowest BCUT2D eigenvalue weighted by molar-refractivity contribution is -0.132. The van der Waals surface area contributed by atoms with E-state index in [0.29, 0.717) is 39.4 Å². The first-order chi connectivity index (χ1) is 18.3. The van der Waals surface area contributed by atoms with Crippen LogP contribution in [0, 0.1) is 0 Å². The number of carbonyl (C=O) groups is 2. The van der Waals surface area contributed by atoms with Crippen molar-refractivity contribution >= 4 is 34.4 Å². The second kappa shape index (κ2) is 9.93. The monoisotopic (exact) mass is 513 g/mol. The van der Waals surface area contributed by atoms with E-state index in [1.165, 1.54) is 12.0 Å². The molecule has 194 valence electrons. The van der Waals surface area contributed by atoms with E-state index in [9.17, 15) is 14.7 Å². The van der Waals surface area contributed by atoms with Gasteiger partial charge in [0.05, 0.1) is 43.0 Å². The summed E-state index contributed by atoms with van der Waals surface area (Å²) in [5.74, 6) is 0.0112. The Bertz CT molecular complexity index is 1550. The number of methoxy groups -OCH3 is 2. The first-order valence-electron chi connectivity index (χ1n) is 12.1. The van der Waals surface area contributed by atoms with E-state index in [0.717, 1.165) is 0 Å². The average molecular weight is 514 g/mol. The number of rotatable bonds is 7. The number of H-pyrrole nitrogens is 1. The minimum atomic E-state index is -0.959. The molecule has 5 rings (SSSR count). The molecule has 0 aliphatic carbocycles. The summed E-state index contributed by atoms with van der Waals surface area (Å²) in [5, 5.41) is 11.4. The second-order valence-electron chi connectivity index (χ2n) is 9.08. The molecule has 1 amide bonds. The summed E-state index contributed by atoms with van der Waals surface area (Å²) < 4.78 is 16.4. The maximum atomic E-state index is 13.5. The number of nitrogens with one attached hydrogen (secondary N) is 1. The SMILES string of the molecule is COc1cccc(C2/C(=C(\O)c3ccc(OC(C)C)cc3)C(=O)C(=O)N2c2nc3ccc(OC)cc3[nH]2)c1. The van der Waals surface area contributed by atoms with E-state index in [1.54, 1.807) is 73.8 Å². The number of aliphatic hydroxyl groups is 1. The van der Waals surface area contributed by atoms with Crippen LogP contribution in [0.3, 0.4) is 0 Å². The van der Waals surface area contributed by atoms with Gasteiger partial charge < -0.3 is 24.3 Å². The van der Waals surface area contributed by atoms with Crippen LogP contribution in [-0.4, -0.2) is 47.1 Å². The fourth-order valence-corrected chi connectivity index (χ4v) is 4.51. The number of nitrogens with zero attached hydrogens (tertiary/aromatic N) is 2. The van der Waals surface area contributed by atoms with Crippen LogP contribution < -0.4 is 19.1 Å². The number of fused-ring (bicyclic) bond motifs is 1. The Morgan fingerprint density at radius 3 is 2.32 bits per heavy atom. The summed E-state index contributed by atoms with van der Waals surface area (Å²) >= 11 is 0. The van der Waals surface area contributed by atoms with E-state index in [4.69, 9.17) is 14.2 Å². The normalized spacial score (nSPS) is 16.9. The first kappa shape index (κ1) is 24.9. The van der Waals surface area contributed by atoms with Crippen molar-refractivity contribution in [2.75, 3.05) is 19.1 Å². The van der Waals surface area contributed by atoms with E-state index in [-0.39, 0.29) is 23.4 Å². The number of ketones is 1. The molecule has 1 saturated heterocycles. The number of aromatic amines is 1. The van der Waals surface area contributed by atoms with E-state index < -0.39 is 17.7 Å². The van der Waals surface area contributed by atoms with Crippen molar-refractivity contribution in [2.45, 2.75) is 26.0 Å². The van der Waals surface area contributed by atoms with Crippen molar-refractivity contribution < 1.29 is 28.9 Å². The minimum Gasteiger partial charge on any atom is -0.507 e. The molecule has 0 saturated carbocycles. The number of Topliss-reactive ketones (excluding diaryl/α,β-unsaturated/α-hetero) is 1. The lowest BCUT2D eigenvalue weighted by Crippen LogP contribution is -2.30. The number of hydrogen-bond acceptors (Lipinski definition) is 7. The molecule has 4 aromatic rings. The molecule has 1 aliphatic rings. The Morgan fingerprint density at radius 2 is 1.63 bits per heavy atom. The third-order valence-electron chi connectivity index (χ3n) is 6.26. The van der Waals surface area contributed by atoms with Crippen molar-refractivity contribution in [1.82, 2.24) is 9.97 Å². The molecule has 0 radical (unpaired) electrons. The summed E-state index contributed by atoms with van der Waals surface area (Å²) in [7, 11) is 3.09. The molecular weight excluding hydrogens is 486 g/mol. The van der Waals surface area contributed by atoms with Crippen molar-refractivity contribution in [2.24, 2.45) is 0 Å². The summed E-state index contributed by atoms with van der Waals surface area (Å²) in [5.41, 5.74) is 2.11. The predicted molar refractivity (Wildman–Crippen MR) is 143 cm³/mol. The fourth-order valence-electron chi connectivity index (χ4n) is 4.51. The molecule has 1 unspecified atom stereocenters. The smallest absolute Gasteiger partial charge is 0.302 e. The van der Waals surface area contributed by atoms with Gasteiger partial charge in [-0.2, -0.15) is 0 Å². The highest BCUT2D eigenvalue weighted by molar-refractivity contribution is 6.51. The molecule has 9 heteroatoms. The molecule has 0 bridgehead atoms. The standard InChI is InChI=1S/C29H27N3O6/c1-16(2)38-19-10-8-17(9-11-19)26(33)24-25(18-6-5-7-20(14-18)36-3)32(28(35)27(24)34)29-30-22-13-12-21(37-4)15-23(22)31-29/h5-16,25,33H,1-4H3,(H,30,31)/b26-24+. The third-order valence-corrected chi connectivity index (χ3v) is 6.26. The van der Waals surface area contributed by atoms with Gasteiger partial charge in [-0.15, -0.1) is 0 Å². The number of carbonyl (C=O) groups excluding carboxylic acids is 2. The van der Waals surface area contributed by atoms with E-state index in [2.05, 4.69) is 9.97 Å². The Balaban J connectivity index is 1.67. The van der Waals surface area contributed by atoms with Crippen LogP contribution in [0.25, 0.3) is 16.8 Å². The van der Waals surface area contributed by atoms with Gasteiger partial charge >= 0.3 is 5.91 Å². The molecule has 1 atom stereocenters. The maximum Gasteiger partial charge on any atom is 0.302 e. The summed E-state index contributed by atoms with van der Waals surface area (Å²) in [6, 6.07) is 18.0. The highest BCUT2D eigenvalue weighted by Gasteiger charge is 2.48. The number of aromatic nitrogens is 2. The molecule has 9 nitrogen and oxygen atoms in total. The van der Waals surface area contributed by atoms with Crippen LogP contribution in [0.1, 0.15) is 31.0 Å². The average Bonchev–Trinajstić information content (AvgIpc) is 3.45. The summed E-state index contributed by atoms with van der Waals surface area (Å²) in [6.07, 6.45) is -0.0170. The fraction of sp³-hybridized carbons (Fsp3) is 0.207. The highest BCUT2D eigenvalue weighted by Crippen LogP contribution is 2.42. The number of imidazole rings is 1. The molecule has 1 fully saturated rings. The number of anilines is 1. The maximum absolute atomic E-state index is 13.5. The van der Waals surface area contributed by atoms with E-state index in [1.807, 2.05) is 13.8 Å². The predicted octanol–water partition coefficient (Wildman–Crippen LogP) is 4.99. The molecule has 1 aliphatic heterocycles. The molecule has 3 aromatic carbocycles. The number of amides is 1. The van der Waals surface area contributed by atoms with Gasteiger partial charge in [-0.25, -0.2) is 4.98 Å². The first-order valence-corrected chi connectivity index (χ1v) is 12.1. The molecule has 2 heterocycles. The molecular formula is C29H27N3O6. The number of hydrogen-bond donors (Lipinski definition) is 2. The summed E-state index contributed by atoms with van der Waals surface area (Å²) in [6.45, 7) is 3.83. The minimum absolute atomic E-state index is 0.0170. The van der Waals surface area contributed by atoms with Crippen LogP contribution in [0.5, 0.6) is 17.2 Å². The number of ether oxygens (including phenoxy) is 3. The van der Waals surface area contributed by atoms with Gasteiger partial charge in [0.1, 0.15) is 23.0 Å². The van der Waals surface area contributed by atoms with Gasteiger partial charge in [0, 0.05) is 11.6 Å². The van der Waals surface area contributed by atoms with Gasteiger partial charge in [0.25, 0.3) is 5.78 Å². The van der Waals surface area contributed by atoms with Crippen molar-refractivity contribution in [3.8, 4) is 17.2 Å². The number of aliphatic hydroxyl groups excluding tert-OH is 1. The van der Waals surface area contributed by atoms with Crippen LogP contribution in [0.15, 0.2) is 72.3 Å². The van der Waals surface area contributed by atoms with Crippen LogP contribution in [0.2, 0.25) is 0 Å². The Kier molecular flexibility index (Phi) is 6.50. The van der Waals surface area contributed by atoms with Crippen molar-refractivity contribution in [3.05, 3.63) is 83.4 Å². The number of benzene rings is 3. The van der Waals surface area contributed by atoms with Gasteiger partial charge in [0.15, 0.2) is 0 Å². The highest BCUT2D eigenvalue weighted by atomic mass is 16.5. The third kappa shape index (κ3) is 4.43. The van der Waals surface area contributed by atoms with E-state index >= 15 is 0 Å². The Hall–Kier alpha value is -4.79. The molecule has 1 aromatic heterocycles. The van der Waals surface area contributed by atoms with Crippen LogP contribution >= 0.6 is 0 Å². The van der Waals surface area contributed by atoms with Crippen LogP contribution in [0.4, 0.5) is 5.95 Å². The van der Waals surface area contributed by atoms with Gasteiger partial charge in [-0.3, -0.25) is 14.5 Å². The summed E-state index contributed by atoms with van der Waals surface area (Å²) in [4.78, 5) is 35.9. The second-order valence-corrected chi connectivity index (χ2v) is 9.08. The topological polar surface area (TPSA) is 114 Å². The zero-order valence-electron chi connectivity index (χ0n) is 21.4. The Labute approximate surface area is 219 Å². The van der Waals surface area contributed by atoms with Gasteiger partial charge in [-0.1, -0.05) is 12.1 Å². The quantitative estimate of drug-likeness (QED) is 0.203. The lowest BCUT2D eigenvalue weighted by Gasteiger charge is -2.23. The van der Waals surface area contributed by atoms with Crippen LogP contribution in [-0.2, 0) is 9.59 Å². The Morgan fingerprint density at radius 1 is 0.947 bits per heavy atom. The zero-order chi connectivity index (χ0) is 27.0. The van der Waals surface area contributed by atoms with Crippen molar-refractivity contribution in [1.29, 1.82) is 0 Å².